The van der Waals surface area contributed by atoms with Gasteiger partial charge in [-0.1, -0.05) is 65.8 Å². The number of hydrogen-bond acceptors (Lipinski definition) is 4. The first kappa shape index (κ1) is 17.5. The molecule has 138 valence electrons. The normalized spacial score (nSPS) is 16.6. The molecule has 0 unspecified atom stereocenters. The number of likely N-dealkylation sites (tertiary alicyclic amines) is 1. The molecule has 0 aliphatic carbocycles. The molecule has 27 heavy (non-hydrogen) atoms. The summed E-state index contributed by atoms with van der Waals surface area (Å²) < 4.78 is 5.50. The molecule has 1 aliphatic rings. The van der Waals surface area contributed by atoms with Crippen molar-refractivity contribution in [3.63, 3.8) is 0 Å². The van der Waals surface area contributed by atoms with Gasteiger partial charge in [0.2, 0.25) is 17.6 Å². The summed E-state index contributed by atoms with van der Waals surface area (Å²) in [5.41, 5.74) is 2.19. The third kappa shape index (κ3) is 4.08. The largest absolute Gasteiger partial charge is 0.337 e. The number of benzene rings is 2. The fourth-order valence-corrected chi connectivity index (χ4v) is 3.63. The standard InChI is InChI=1S/C22H23N3O2/c26-20(15-7-11-17-9-3-1-4-10-17)25-16-8-14-19(25)22-23-21(24-27-22)18-12-5-2-6-13-18/h1-6,9-10,12-13,19H,7-8,11,14-16H2/t19-/m0/s1. The maximum atomic E-state index is 12.7. The summed E-state index contributed by atoms with van der Waals surface area (Å²) in [6.07, 6.45) is 4.17. The summed E-state index contributed by atoms with van der Waals surface area (Å²) in [6, 6.07) is 20.0. The lowest BCUT2D eigenvalue weighted by atomic mass is 10.1. The first-order valence-electron chi connectivity index (χ1n) is 9.54. The molecule has 0 saturated carbocycles. The Hall–Kier alpha value is -2.95. The SMILES string of the molecule is O=C(CCCc1ccccc1)N1CCC[C@H]1c1nc(-c2ccccc2)no1. The van der Waals surface area contributed by atoms with E-state index < -0.39 is 0 Å². The molecule has 0 N–H and O–H groups in total. The van der Waals surface area contributed by atoms with Crippen molar-refractivity contribution in [2.45, 2.75) is 38.1 Å². The Morgan fingerprint density at radius 3 is 2.59 bits per heavy atom. The number of aryl methyl sites for hydroxylation is 1. The van der Waals surface area contributed by atoms with Crippen LogP contribution in [0.1, 0.15) is 43.2 Å². The van der Waals surface area contributed by atoms with E-state index in [0.29, 0.717) is 18.1 Å². The molecule has 1 aliphatic heterocycles. The van der Waals surface area contributed by atoms with Gasteiger partial charge in [0.05, 0.1) is 0 Å². The van der Waals surface area contributed by atoms with Gasteiger partial charge in [-0.15, -0.1) is 0 Å². The molecule has 3 aromatic rings. The number of rotatable bonds is 6. The predicted molar refractivity (Wildman–Crippen MR) is 103 cm³/mol. The molecule has 1 atom stereocenters. The fraction of sp³-hybridized carbons (Fsp3) is 0.318. The summed E-state index contributed by atoms with van der Waals surface area (Å²) in [4.78, 5) is 19.2. The minimum Gasteiger partial charge on any atom is -0.337 e. The van der Waals surface area contributed by atoms with Crippen molar-refractivity contribution in [1.29, 1.82) is 0 Å². The van der Waals surface area contributed by atoms with Crippen molar-refractivity contribution in [1.82, 2.24) is 15.0 Å². The number of aromatic nitrogens is 2. The van der Waals surface area contributed by atoms with Crippen LogP contribution < -0.4 is 0 Å². The topological polar surface area (TPSA) is 59.2 Å². The Kier molecular flexibility index (Phi) is 5.28. The van der Waals surface area contributed by atoms with E-state index >= 15 is 0 Å². The molecule has 5 heteroatoms. The van der Waals surface area contributed by atoms with Crippen LogP contribution in [0.2, 0.25) is 0 Å². The summed E-state index contributed by atoms with van der Waals surface area (Å²) in [7, 11) is 0. The number of carbonyl (C=O) groups is 1. The minimum atomic E-state index is -0.0980. The van der Waals surface area contributed by atoms with Crippen molar-refractivity contribution in [3.05, 3.63) is 72.1 Å². The monoisotopic (exact) mass is 361 g/mol. The highest BCUT2D eigenvalue weighted by atomic mass is 16.5. The van der Waals surface area contributed by atoms with Crippen LogP contribution in [0.5, 0.6) is 0 Å². The Bertz CT molecular complexity index is 877. The highest BCUT2D eigenvalue weighted by Gasteiger charge is 2.33. The molecule has 0 bridgehead atoms. The highest BCUT2D eigenvalue weighted by molar-refractivity contribution is 5.77. The summed E-state index contributed by atoms with van der Waals surface area (Å²) in [5.74, 6) is 1.30. The Morgan fingerprint density at radius 1 is 1.07 bits per heavy atom. The third-order valence-electron chi connectivity index (χ3n) is 5.03. The maximum absolute atomic E-state index is 12.7. The van der Waals surface area contributed by atoms with Crippen LogP contribution in [0.3, 0.4) is 0 Å². The van der Waals surface area contributed by atoms with Crippen LogP contribution in [0.25, 0.3) is 11.4 Å². The predicted octanol–water partition coefficient (Wildman–Crippen LogP) is 4.42. The molecule has 2 heterocycles. The van der Waals surface area contributed by atoms with Gasteiger partial charge in [0, 0.05) is 18.5 Å². The van der Waals surface area contributed by atoms with Gasteiger partial charge in [0.25, 0.3) is 0 Å². The van der Waals surface area contributed by atoms with Crippen molar-refractivity contribution in [3.8, 4) is 11.4 Å². The average Bonchev–Trinajstić information content (AvgIpc) is 3.39. The molecule has 2 aromatic carbocycles. The van der Waals surface area contributed by atoms with Crippen molar-refractivity contribution in [2.75, 3.05) is 6.54 Å². The second-order valence-electron chi connectivity index (χ2n) is 6.91. The third-order valence-corrected chi connectivity index (χ3v) is 5.03. The maximum Gasteiger partial charge on any atom is 0.249 e. The van der Waals surface area contributed by atoms with Gasteiger partial charge >= 0.3 is 0 Å². The molecule has 0 spiro atoms. The first-order valence-corrected chi connectivity index (χ1v) is 9.54. The highest BCUT2D eigenvalue weighted by Crippen LogP contribution is 2.32. The van der Waals surface area contributed by atoms with E-state index in [2.05, 4.69) is 22.3 Å². The van der Waals surface area contributed by atoms with Gasteiger partial charge in [-0.3, -0.25) is 4.79 Å². The Labute approximate surface area is 159 Å². The minimum absolute atomic E-state index is 0.0980. The molecule has 5 nitrogen and oxygen atoms in total. The lowest BCUT2D eigenvalue weighted by Gasteiger charge is -2.21. The first-order chi connectivity index (χ1) is 13.3. The van der Waals surface area contributed by atoms with Crippen LogP contribution >= 0.6 is 0 Å². The molecule has 1 amide bonds. The average molecular weight is 361 g/mol. The van der Waals surface area contributed by atoms with Crippen molar-refractivity contribution < 1.29 is 9.32 Å². The zero-order chi connectivity index (χ0) is 18.5. The van der Waals surface area contributed by atoms with Crippen LogP contribution in [-0.4, -0.2) is 27.5 Å². The smallest absolute Gasteiger partial charge is 0.249 e. The zero-order valence-electron chi connectivity index (χ0n) is 15.3. The summed E-state index contributed by atoms with van der Waals surface area (Å²) in [6.45, 7) is 0.762. The van der Waals surface area contributed by atoms with Crippen LogP contribution in [0.15, 0.2) is 65.2 Å². The van der Waals surface area contributed by atoms with Crippen LogP contribution in [-0.2, 0) is 11.2 Å². The van der Waals surface area contributed by atoms with E-state index in [-0.39, 0.29) is 11.9 Å². The van der Waals surface area contributed by atoms with Crippen molar-refractivity contribution >= 4 is 5.91 Å². The zero-order valence-corrected chi connectivity index (χ0v) is 15.3. The molecular formula is C22H23N3O2. The van der Waals surface area contributed by atoms with Crippen molar-refractivity contribution in [2.24, 2.45) is 0 Å². The van der Waals surface area contributed by atoms with E-state index in [1.165, 1.54) is 5.56 Å². The van der Waals surface area contributed by atoms with E-state index in [1.54, 1.807) is 0 Å². The Balaban J connectivity index is 1.38. The molecule has 0 radical (unpaired) electrons. The summed E-state index contributed by atoms with van der Waals surface area (Å²) >= 11 is 0. The molecule has 1 aromatic heterocycles. The molecule has 1 saturated heterocycles. The van der Waals surface area contributed by atoms with Crippen LogP contribution in [0, 0.1) is 0 Å². The summed E-state index contributed by atoms with van der Waals surface area (Å²) in [5, 5.41) is 4.10. The fourth-order valence-electron chi connectivity index (χ4n) is 3.63. The van der Waals surface area contributed by atoms with E-state index in [0.717, 1.165) is 37.8 Å². The number of carbonyl (C=O) groups excluding carboxylic acids is 1. The van der Waals surface area contributed by atoms with E-state index in [1.807, 2.05) is 53.4 Å². The van der Waals surface area contributed by atoms with E-state index in [4.69, 9.17) is 4.52 Å². The number of hydrogen-bond donors (Lipinski definition) is 0. The molecule has 1 fully saturated rings. The quantitative estimate of drug-likeness (QED) is 0.652. The van der Waals surface area contributed by atoms with Gasteiger partial charge in [-0.05, 0) is 31.2 Å². The Morgan fingerprint density at radius 2 is 1.81 bits per heavy atom. The van der Waals surface area contributed by atoms with Gasteiger partial charge < -0.3 is 9.42 Å². The second-order valence-corrected chi connectivity index (χ2v) is 6.91. The van der Waals surface area contributed by atoms with E-state index in [9.17, 15) is 4.79 Å². The van der Waals surface area contributed by atoms with Crippen LogP contribution in [0.4, 0.5) is 0 Å². The van der Waals surface area contributed by atoms with Gasteiger partial charge in [-0.25, -0.2) is 0 Å². The van der Waals surface area contributed by atoms with Gasteiger partial charge in [0.15, 0.2) is 0 Å². The lowest BCUT2D eigenvalue weighted by molar-refractivity contribution is -0.132. The van der Waals surface area contributed by atoms with Gasteiger partial charge in [-0.2, -0.15) is 4.98 Å². The molecular weight excluding hydrogens is 338 g/mol. The molecule has 4 rings (SSSR count). The number of nitrogens with zero attached hydrogens (tertiary/aromatic N) is 3. The number of amides is 1. The van der Waals surface area contributed by atoms with Gasteiger partial charge in [0.1, 0.15) is 6.04 Å². The second kappa shape index (κ2) is 8.16. The lowest BCUT2D eigenvalue weighted by Crippen LogP contribution is -2.30.